The molecule has 1 rings (SSSR count). The highest BCUT2D eigenvalue weighted by Gasteiger charge is 1.98. The van der Waals surface area contributed by atoms with Gasteiger partial charge in [-0.15, -0.1) is 0 Å². The molecule has 0 fully saturated rings. The third-order valence-corrected chi connectivity index (χ3v) is 2.15. The van der Waals surface area contributed by atoms with Crippen LogP contribution in [-0.4, -0.2) is 22.7 Å². The van der Waals surface area contributed by atoms with Gasteiger partial charge in [0.15, 0.2) is 5.13 Å². The molecule has 1 aromatic heterocycles. The molecular formula is C7H13N3OS. The second-order valence-electron chi connectivity index (χ2n) is 2.63. The summed E-state index contributed by atoms with van der Waals surface area (Å²) in [5.74, 6) is 0. The molecule has 4 nitrogen and oxygen atoms in total. The number of thiazole rings is 1. The van der Waals surface area contributed by atoms with Crippen LogP contribution >= 0.6 is 11.3 Å². The Morgan fingerprint density at radius 1 is 1.83 bits per heavy atom. The van der Waals surface area contributed by atoms with Gasteiger partial charge in [0.05, 0.1) is 12.3 Å². The lowest BCUT2D eigenvalue weighted by Gasteiger charge is -2.03. The Balaban J connectivity index is 2.24. The van der Waals surface area contributed by atoms with Gasteiger partial charge in [0.25, 0.3) is 0 Å². The molecule has 0 aromatic carbocycles. The van der Waals surface area contributed by atoms with Gasteiger partial charge < -0.3 is 16.2 Å². The van der Waals surface area contributed by atoms with Crippen molar-refractivity contribution in [2.45, 2.75) is 19.4 Å². The van der Waals surface area contributed by atoms with Crippen molar-refractivity contribution < 1.29 is 5.11 Å². The second-order valence-corrected chi connectivity index (χ2v) is 3.69. The van der Waals surface area contributed by atoms with E-state index in [1.165, 1.54) is 11.3 Å². The fourth-order valence-corrected chi connectivity index (χ4v) is 1.36. The number of nitrogens with two attached hydrogens (primary N) is 1. The highest BCUT2D eigenvalue weighted by atomic mass is 32.1. The van der Waals surface area contributed by atoms with Crippen molar-refractivity contribution >= 4 is 21.5 Å². The van der Waals surface area contributed by atoms with Gasteiger partial charge >= 0.3 is 0 Å². The van der Waals surface area contributed by atoms with Crippen LogP contribution in [0.3, 0.4) is 0 Å². The largest absolute Gasteiger partial charge is 0.393 e. The molecule has 68 valence electrons. The average Bonchev–Trinajstić information content (AvgIpc) is 2.35. The van der Waals surface area contributed by atoms with Crippen molar-refractivity contribution in [1.29, 1.82) is 0 Å². The smallest absolute Gasteiger partial charge is 0.184 e. The molecule has 0 saturated carbocycles. The molecule has 0 saturated heterocycles. The van der Waals surface area contributed by atoms with Crippen LogP contribution in [0.25, 0.3) is 0 Å². The first kappa shape index (κ1) is 9.28. The molecule has 0 aliphatic heterocycles. The number of aliphatic hydroxyl groups excluding tert-OH is 1. The van der Waals surface area contributed by atoms with Crippen molar-refractivity contribution in [3.05, 3.63) is 6.20 Å². The lowest BCUT2D eigenvalue weighted by molar-refractivity contribution is 0.189. The van der Waals surface area contributed by atoms with Crippen molar-refractivity contribution in [2.24, 2.45) is 0 Å². The highest BCUT2D eigenvalue weighted by molar-refractivity contribution is 7.19. The van der Waals surface area contributed by atoms with E-state index in [2.05, 4.69) is 10.3 Å². The number of nitrogens with one attached hydrogen (secondary N) is 1. The maximum absolute atomic E-state index is 8.95. The Morgan fingerprint density at radius 3 is 3.08 bits per heavy atom. The molecule has 12 heavy (non-hydrogen) atoms. The number of aromatic nitrogens is 1. The fourth-order valence-electron chi connectivity index (χ4n) is 0.756. The molecule has 0 aliphatic carbocycles. The molecule has 4 N–H and O–H groups in total. The highest BCUT2D eigenvalue weighted by Crippen LogP contribution is 2.19. The van der Waals surface area contributed by atoms with Gasteiger partial charge in [-0.3, -0.25) is 0 Å². The van der Waals surface area contributed by atoms with Crippen molar-refractivity contribution in [3.63, 3.8) is 0 Å². The van der Waals surface area contributed by atoms with Crippen LogP contribution in [0.5, 0.6) is 0 Å². The maximum atomic E-state index is 8.95. The zero-order valence-corrected chi connectivity index (χ0v) is 7.77. The van der Waals surface area contributed by atoms with E-state index in [-0.39, 0.29) is 6.10 Å². The van der Waals surface area contributed by atoms with Gasteiger partial charge in [-0.2, -0.15) is 0 Å². The quantitative estimate of drug-likeness (QED) is 0.655. The molecule has 0 bridgehead atoms. The Hall–Kier alpha value is -0.810. The van der Waals surface area contributed by atoms with Crippen molar-refractivity contribution in [3.8, 4) is 0 Å². The molecule has 0 radical (unpaired) electrons. The Bertz CT molecular complexity index is 236. The number of nitrogen functional groups attached to an aromatic ring is 1. The van der Waals surface area contributed by atoms with Crippen LogP contribution < -0.4 is 11.1 Å². The van der Waals surface area contributed by atoms with Gasteiger partial charge in [0.2, 0.25) is 0 Å². The lowest BCUT2D eigenvalue weighted by atomic mass is 10.3. The summed E-state index contributed by atoms with van der Waals surface area (Å²) in [6, 6.07) is 0. The molecule has 1 heterocycles. The second kappa shape index (κ2) is 4.27. The summed E-state index contributed by atoms with van der Waals surface area (Å²) in [5.41, 5.74) is 5.48. The number of hydrogen-bond acceptors (Lipinski definition) is 5. The normalized spacial score (nSPS) is 12.8. The number of hydrogen-bond donors (Lipinski definition) is 3. The molecule has 5 heteroatoms. The minimum atomic E-state index is -0.269. The summed E-state index contributed by atoms with van der Waals surface area (Å²) in [7, 11) is 0. The zero-order valence-electron chi connectivity index (χ0n) is 6.95. The van der Waals surface area contributed by atoms with E-state index in [0.717, 1.165) is 18.1 Å². The first-order chi connectivity index (χ1) is 5.68. The first-order valence-corrected chi connectivity index (χ1v) is 4.63. The van der Waals surface area contributed by atoms with E-state index >= 15 is 0 Å². The van der Waals surface area contributed by atoms with Crippen molar-refractivity contribution in [2.75, 3.05) is 17.6 Å². The predicted octanol–water partition coefficient (Wildman–Crippen LogP) is 0.908. The van der Waals surface area contributed by atoms with Crippen LogP contribution in [0.1, 0.15) is 13.3 Å². The average molecular weight is 187 g/mol. The van der Waals surface area contributed by atoms with E-state index < -0.39 is 0 Å². The minimum absolute atomic E-state index is 0.269. The molecule has 0 spiro atoms. The number of aliphatic hydroxyl groups is 1. The molecule has 1 aromatic rings. The van der Waals surface area contributed by atoms with Gasteiger partial charge in [-0.25, -0.2) is 4.98 Å². The van der Waals surface area contributed by atoms with Crippen LogP contribution in [-0.2, 0) is 0 Å². The topological polar surface area (TPSA) is 71.2 Å². The van der Waals surface area contributed by atoms with Crippen LogP contribution in [0.4, 0.5) is 10.1 Å². The van der Waals surface area contributed by atoms with Crippen LogP contribution in [0.15, 0.2) is 6.20 Å². The van der Waals surface area contributed by atoms with Gasteiger partial charge in [-0.05, 0) is 13.3 Å². The number of anilines is 2. The minimum Gasteiger partial charge on any atom is -0.393 e. The predicted molar refractivity (Wildman–Crippen MR) is 51.3 cm³/mol. The molecule has 0 aliphatic rings. The summed E-state index contributed by atoms with van der Waals surface area (Å²) in [6.45, 7) is 2.49. The van der Waals surface area contributed by atoms with E-state index in [9.17, 15) is 0 Å². The van der Waals surface area contributed by atoms with Crippen LogP contribution in [0.2, 0.25) is 0 Å². The molecule has 0 amide bonds. The summed E-state index contributed by atoms with van der Waals surface area (Å²) in [6.07, 6.45) is 2.07. The maximum Gasteiger partial charge on any atom is 0.184 e. The van der Waals surface area contributed by atoms with Crippen LogP contribution in [0, 0.1) is 0 Å². The third-order valence-electron chi connectivity index (χ3n) is 1.36. The van der Waals surface area contributed by atoms with Gasteiger partial charge in [0, 0.05) is 6.54 Å². The van der Waals surface area contributed by atoms with Gasteiger partial charge in [-0.1, -0.05) is 11.3 Å². The monoisotopic (exact) mass is 187 g/mol. The number of rotatable bonds is 4. The van der Waals surface area contributed by atoms with E-state index in [1.54, 1.807) is 13.1 Å². The SMILES string of the molecule is CC(O)CCNc1ncc(N)s1. The summed E-state index contributed by atoms with van der Waals surface area (Å²) in [4.78, 5) is 4.01. The third kappa shape index (κ3) is 3.06. The van der Waals surface area contributed by atoms with E-state index in [1.807, 2.05) is 0 Å². The standard InChI is InChI=1S/C7H13N3OS/c1-5(11)2-3-9-7-10-4-6(8)12-7/h4-5,11H,2-3,8H2,1H3,(H,9,10). The Labute approximate surface area is 75.4 Å². The summed E-state index contributed by atoms with van der Waals surface area (Å²) < 4.78 is 0. The van der Waals surface area contributed by atoms with Gasteiger partial charge in [0.1, 0.15) is 5.00 Å². The van der Waals surface area contributed by atoms with E-state index in [4.69, 9.17) is 10.8 Å². The Morgan fingerprint density at radius 2 is 2.58 bits per heavy atom. The van der Waals surface area contributed by atoms with Crippen molar-refractivity contribution in [1.82, 2.24) is 4.98 Å². The Kier molecular flexibility index (Phi) is 3.31. The first-order valence-electron chi connectivity index (χ1n) is 3.81. The summed E-state index contributed by atoms with van der Waals surface area (Å²) >= 11 is 1.41. The van der Waals surface area contributed by atoms with E-state index in [0.29, 0.717) is 5.00 Å². The fraction of sp³-hybridized carbons (Fsp3) is 0.571. The number of nitrogens with zero attached hydrogens (tertiary/aromatic N) is 1. The molecule has 1 unspecified atom stereocenters. The lowest BCUT2D eigenvalue weighted by Crippen LogP contribution is -2.09. The molecular weight excluding hydrogens is 174 g/mol. The zero-order chi connectivity index (χ0) is 8.97. The summed E-state index contributed by atoms with van der Waals surface area (Å²) in [5, 5.41) is 13.5. The molecule has 1 atom stereocenters.